The Labute approximate surface area is 137 Å². The Hall–Kier alpha value is -1.02. The maximum absolute atomic E-state index is 6.10. The van der Waals surface area contributed by atoms with E-state index in [1.807, 2.05) is 18.2 Å². The standard InChI is InChI=1S/C18H21Cl2N/c1-12(2)14-5-3-13(4-6-14)9-16(11-21)15-7-8-17(19)18(20)10-15/h3-8,10,12,16H,9,11,21H2,1-2H3. The third-order valence-corrected chi connectivity index (χ3v) is 4.57. The summed E-state index contributed by atoms with van der Waals surface area (Å²) in [5.74, 6) is 0.809. The van der Waals surface area contributed by atoms with E-state index in [1.54, 1.807) is 0 Å². The zero-order valence-electron chi connectivity index (χ0n) is 12.4. The van der Waals surface area contributed by atoms with E-state index in [4.69, 9.17) is 28.9 Å². The van der Waals surface area contributed by atoms with Crippen molar-refractivity contribution >= 4 is 23.2 Å². The largest absolute Gasteiger partial charge is 0.330 e. The minimum Gasteiger partial charge on any atom is -0.330 e. The number of hydrogen-bond acceptors (Lipinski definition) is 1. The Morgan fingerprint density at radius 1 is 0.905 bits per heavy atom. The third kappa shape index (κ3) is 4.23. The first-order chi connectivity index (χ1) is 10.0. The van der Waals surface area contributed by atoms with Gasteiger partial charge in [0.2, 0.25) is 0 Å². The van der Waals surface area contributed by atoms with E-state index in [0.29, 0.717) is 22.5 Å². The average Bonchev–Trinajstić information content (AvgIpc) is 2.48. The fraction of sp³-hybridized carbons (Fsp3) is 0.333. The van der Waals surface area contributed by atoms with Crippen LogP contribution >= 0.6 is 23.2 Å². The molecule has 0 aliphatic carbocycles. The molecule has 0 heterocycles. The lowest BCUT2D eigenvalue weighted by Gasteiger charge is -2.16. The molecule has 2 N–H and O–H groups in total. The summed E-state index contributed by atoms with van der Waals surface area (Å²) in [6.45, 7) is 4.99. The summed E-state index contributed by atoms with van der Waals surface area (Å²) in [7, 11) is 0. The van der Waals surface area contributed by atoms with Gasteiger partial charge in [-0.1, -0.05) is 67.4 Å². The van der Waals surface area contributed by atoms with Crippen molar-refractivity contribution in [3.8, 4) is 0 Å². The molecule has 0 bridgehead atoms. The molecule has 0 aliphatic rings. The summed E-state index contributed by atoms with van der Waals surface area (Å²) in [5.41, 5.74) is 9.73. The molecule has 2 rings (SSSR count). The van der Waals surface area contributed by atoms with Crippen LogP contribution in [0, 0.1) is 0 Å². The molecule has 2 aromatic rings. The van der Waals surface area contributed by atoms with Gasteiger partial charge in [0.15, 0.2) is 0 Å². The van der Waals surface area contributed by atoms with Crippen LogP contribution < -0.4 is 5.73 Å². The van der Waals surface area contributed by atoms with Crippen LogP contribution in [0.5, 0.6) is 0 Å². The summed E-state index contributed by atoms with van der Waals surface area (Å²) >= 11 is 12.1. The maximum atomic E-state index is 6.10. The van der Waals surface area contributed by atoms with E-state index in [9.17, 15) is 0 Å². The van der Waals surface area contributed by atoms with Gasteiger partial charge < -0.3 is 5.73 Å². The van der Waals surface area contributed by atoms with E-state index < -0.39 is 0 Å². The van der Waals surface area contributed by atoms with Crippen molar-refractivity contribution in [1.29, 1.82) is 0 Å². The molecule has 0 saturated carbocycles. The van der Waals surface area contributed by atoms with Crippen LogP contribution in [-0.4, -0.2) is 6.54 Å². The Morgan fingerprint density at radius 3 is 2.05 bits per heavy atom. The van der Waals surface area contributed by atoms with Crippen molar-refractivity contribution in [3.05, 3.63) is 69.2 Å². The van der Waals surface area contributed by atoms with Crippen LogP contribution in [-0.2, 0) is 6.42 Å². The molecule has 0 amide bonds. The molecular weight excluding hydrogens is 301 g/mol. The van der Waals surface area contributed by atoms with E-state index in [1.165, 1.54) is 11.1 Å². The lowest BCUT2D eigenvalue weighted by Crippen LogP contribution is -2.15. The Kier molecular flexibility index (Phi) is 5.69. The van der Waals surface area contributed by atoms with Crippen molar-refractivity contribution in [2.45, 2.75) is 32.1 Å². The van der Waals surface area contributed by atoms with Crippen LogP contribution in [0.3, 0.4) is 0 Å². The summed E-state index contributed by atoms with van der Waals surface area (Å²) < 4.78 is 0. The zero-order valence-corrected chi connectivity index (χ0v) is 14.0. The lowest BCUT2D eigenvalue weighted by atomic mass is 9.91. The predicted octanol–water partition coefficient (Wildman–Crippen LogP) is 5.40. The van der Waals surface area contributed by atoms with E-state index in [2.05, 4.69) is 38.1 Å². The topological polar surface area (TPSA) is 26.0 Å². The first kappa shape index (κ1) is 16.4. The van der Waals surface area contributed by atoms with Crippen LogP contribution in [0.4, 0.5) is 0 Å². The zero-order chi connectivity index (χ0) is 15.4. The number of benzene rings is 2. The molecule has 2 aromatic carbocycles. The van der Waals surface area contributed by atoms with Gasteiger partial charge >= 0.3 is 0 Å². The summed E-state index contributed by atoms with van der Waals surface area (Å²) in [5, 5.41) is 1.17. The highest BCUT2D eigenvalue weighted by molar-refractivity contribution is 6.42. The Bertz CT molecular complexity index is 591. The second kappa shape index (κ2) is 7.31. The highest BCUT2D eigenvalue weighted by atomic mass is 35.5. The van der Waals surface area contributed by atoms with Gasteiger partial charge in [-0.05, 0) is 47.7 Å². The molecule has 21 heavy (non-hydrogen) atoms. The second-order valence-corrected chi connectivity index (χ2v) is 6.52. The molecule has 112 valence electrons. The Balaban J connectivity index is 2.16. The molecule has 0 spiro atoms. The van der Waals surface area contributed by atoms with Crippen LogP contribution in [0.1, 0.15) is 42.4 Å². The van der Waals surface area contributed by atoms with Gasteiger partial charge in [-0.2, -0.15) is 0 Å². The molecular formula is C18H21Cl2N. The first-order valence-electron chi connectivity index (χ1n) is 7.25. The smallest absolute Gasteiger partial charge is 0.0595 e. The van der Waals surface area contributed by atoms with Gasteiger partial charge in [0, 0.05) is 5.92 Å². The minimum absolute atomic E-state index is 0.254. The Morgan fingerprint density at radius 2 is 1.52 bits per heavy atom. The lowest BCUT2D eigenvalue weighted by molar-refractivity contribution is 0.694. The van der Waals surface area contributed by atoms with Gasteiger partial charge in [-0.15, -0.1) is 0 Å². The molecule has 1 nitrogen and oxygen atoms in total. The van der Waals surface area contributed by atoms with Gasteiger partial charge in [-0.3, -0.25) is 0 Å². The predicted molar refractivity (Wildman–Crippen MR) is 92.5 cm³/mol. The SMILES string of the molecule is CC(C)c1ccc(CC(CN)c2ccc(Cl)c(Cl)c2)cc1. The number of nitrogens with two attached hydrogens (primary N) is 1. The second-order valence-electron chi connectivity index (χ2n) is 5.71. The van der Waals surface area contributed by atoms with Gasteiger partial charge in [0.1, 0.15) is 0 Å². The van der Waals surface area contributed by atoms with Crippen molar-refractivity contribution in [2.24, 2.45) is 5.73 Å². The van der Waals surface area contributed by atoms with Gasteiger partial charge in [-0.25, -0.2) is 0 Å². The fourth-order valence-electron chi connectivity index (χ4n) is 2.43. The highest BCUT2D eigenvalue weighted by Crippen LogP contribution is 2.28. The summed E-state index contributed by atoms with van der Waals surface area (Å²) in [4.78, 5) is 0. The monoisotopic (exact) mass is 321 g/mol. The van der Waals surface area contributed by atoms with E-state index >= 15 is 0 Å². The number of rotatable bonds is 5. The average molecular weight is 322 g/mol. The molecule has 0 fully saturated rings. The van der Waals surface area contributed by atoms with E-state index in [0.717, 1.165) is 12.0 Å². The molecule has 0 saturated heterocycles. The molecule has 0 aromatic heterocycles. The molecule has 0 radical (unpaired) electrons. The van der Waals surface area contributed by atoms with Gasteiger partial charge in [0.25, 0.3) is 0 Å². The normalized spacial score (nSPS) is 12.7. The molecule has 1 atom stereocenters. The maximum Gasteiger partial charge on any atom is 0.0595 e. The molecule has 0 aliphatic heterocycles. The minimum atomic E-state index is 0.254. The summed E-state index contributed by atoms with van der Waals surface area (Å²) in [6.07, 6.45) is 0.910. The van der Waals surface area contributed by atoms with Crippen molar-refractivity contribution in [1.82, 2.24) is 0 Å². The molecule has 1 unspecified atom stereocenters. The summed E-state index contributed by atoms with van der Waals surface area (Å²) in [6, 6.07) is 14.5. The van der Waals surface area contributed by atoms with E-state index in [-0.39, 0.29) is 5.92 Å². The van der Waals surface area contributed by atoms with Gasteiger partial charge in [0.05, 0.1) is 10.0 Å². The van der Waals surface area contributed by atoms with Crippen molar-refractivity contribution < 1.29 is 0 Å². The quantitative estimate of drug-likeness (QED) is 0.783. The van der Waals surface area contributed by atoms with Crippen LogP contribution in [0.2, 0.25) is 10.0 Å². The fourth-order valence-corrected chi connectivity index (χ4v) is 2.73. The first-order valence-corrected chi connectivity index (χ1v) is 8.00. The van der Waals surface area contributed by atoms with Crippen molar-refractivity contribution in [3.63, 3.8) is 0 Å². The molecule has 3 heteroatoms. The van der Waals surface area contributed by atoms with Crippen LogP contribution in [0.15, 0.2) is 42.5 Å². The van der Waals surface area contributed by atoms with Crippen molar-refractivity contribution in [2.75, 3.05) is 6.54 Å². The van der Waals surface area contributed by atoms with Crippen LogP contribution in [0.25, 0.3) is 0 Å². The number of halogens is 2. The highest BCUT2D eigenvalue weighted by Gasteiger charge is 2.12. The number of hydrogen-bond donors (Lipinski definition) is 1. The third-order valence-electron chi connectivity index (χ3n) is 3.83.